The number of nitrogens with two attached hydrogens (primary N) is 1. The Balaban J connectivity index is 2.36. The molecule has 1 rings (SSSR count). The first-order valence-corrected chi connectivity index (χ1v) is 5.75. The molecule has 1 aromatic rings. The summed E-state index contributed by atoms with van der Waals surface area (Å²) in [7, 11) is 0. The van der Waals surface area contributed by atoms with Gasteiger partial charge in [0.15, 0.2) is 0 Å². The molecule has 3 N–H and O–H groups in total. The lowest BCUT2D eigenvalue weighted by Gasteiger charge is -2.05. The van der Waals surface area contributed by atoms with E-state index in [0.717, 1.165) is 24.2 Å². The molecular formula is C13H20N2O. The van der Waals surface area contributed by atoms with Crippen LogP contribution < -0.4 is 5.73 Å². The van der Waals surface area contributed by atoms with E-state index in [2.05, 4.69) is 6.92 Å². The largest absolute Gasteiger partial charge is 0.384 e. The van der Waals surface area contributed by atoms with Gasteiger partial charge in [0.2, 0.25) is 0 Å². The SMILES string of the molecule is CCCCCOCc1cccc(C(=N)N)c1. The van der Waals surface area contributed by atoms with Gasteiger partial charge in [-0.1, -0.05) is 38.0 Å². The van der Waals surface area contributed by atoms with Gasteiger partial charge in [-0.3, -0.25) is 5.41 Å². The molecule has 0 amide bonds. The van der Waals surface area contributed by atoms with Gasteiger partial charge in [-0.25, -0.2) is 0 Å². The van der Waals surface area contributed by atoms with Gasteiger partial charge in [0.1, 0.15) is 5.84 Å². The second kappa shape index (κ2) is 7.01. The number of rotatable bonds is 7. The molecular weight excluding hydrogens is 200 g/mol. The summed E-state index contributed by atoms with van der Waals surface area (Å²) in [5.41, 5.74) is 7.25. The topological polar surface area (TPSA) is 59.1 Å². The molecule has 1 aromatic carbocycles. The summed E-state index contributed by atoms with van der Waals surface area (Å²) >= 11 is 0. The quantitative estimate of drug-likeness (QED) is 0.421. The highest BCUT2D eigenvalue weighted by molar-refractivity contribution is 5.95. The molecule has 0 aromatic heterocycles. The third-order valence-corrected chi connectivity index (χ3v) is 2.40. The van der Waals surface area contributed by atoms with Gasteiger partial charge in [0.25, 0.3) is 0 Å². The highest BCUT2D eigenvalue weighted by Gasteiger charge is 1.98. The molecule has 16 heavy (non-hydrogen) atoms. The van der Waals surface area contributed by atoms with Crippen molar-refractivity contribution in [1.29, 1.82) is 5.41 Å². The van der Waals surface area contributed by atoms with Gasteiger partial charge in [-0.15, -0.1) is 0 Å². The van der Waals surface area contributed by atoms with Gasteiger partial charge >= 0.3 is 0 Å². The fourth-order valence-electron chi connectivity index (χ4n) is 1.47. The molecule has 0 saturated carbocycles. The number of benzene rings is 1. The minimum atomic E-state index is 0.104. The first kappa shape index (κ1) is 12.7. The van der Waals surface area contributed by atoms with Crippen molar-refractivity contribution in [3.63, 3.8) is 0 Å². The fraction of sp³-hybridized carbons (Fsp3) is 0.462. The predicted molar refractivity (Wildman–Crippen MR) is 66.6 cm³/mol. The average Bonchev–Trinajstić information content (AvgIpc) is 2.29. The maximum absolute atomic E-state index is 7.34. The average molecular weight is 220 g/mol. The van der Waals surface area contributed by atoms with Crippen molar-refractivity contribution in [3.8, 4) is 0 Å². The van der Waals surface area contributed by atoms with Crippen LogP contribution in [-0.2, 0) is 11.3 Å². The van der Waals surface area contributed by atoms with Gasteiger partial charge in [0, 0.05) is 12.2 Å². The third-order valence-electron chi connectivity index (χ3n) is 2.40. The number of hydrogen-bond donors (Lipinski definition) is 2. The molecule has 0 radical (unpaired) electrons. The summed E-state index contributed by atoms with van der Waals surface area (Å²) in [6.45, 7) is 3.58. The molecule has 0 bridgehead atoms. The van der Waals surface area contributed by atoms with Crippen LogP contribution in [0.15, 0.2) is 24.3 Å². The van der Waals surface area contributed by atoms with E-state index in [0.29, 0.717) is 6.61 Å². The Bertz CT molecular complexity index is 336. The molecule has 0 saturated heterocycles. The lowest BCUT2D eigenvalue weighted by Crippen LogP contribution is -2.11. The maximum Gasteiger partial charge on any atom is 0.122 e. The Morgan fingerprint density at radius 3 is 2.88 bits per heavy atom. The van der Waals surface area contributed by atoms with E-state index >= 15 is 0 Å². The highest BCUT2D eigenvalue weighted by Crippen LogP contribution is 2.06. The number of hydrogen-bond acceptors (Lipinski definition) is 2. The number of amidine groups is 1. The van der Waals surface area contributed by atoms with Gasteiger partial charge < -0.3 is 10.5 Å². The lowest BCUT2D eigenvalue weighted by atomic mass is 10.1. The van der Waals surface area contributed by atoms with Crippen LogP contribution in [0.2, 0.25) is 0 Å². The smallest absolute Gasteiger partial charge is 0.122 e. The predicted octanol–water partition coefficient (Wildman–Crippen LogP) is 2.68. The number of ether oxygens (including phenoxy) is 1. The maximum atomic E-state index is 7.34. The number of nitrogen functional groups attached to an aromatic ring is 1. The summed E-state index contributed by atoms with van der Waals surface area (Å²) in [6.07, 6.45) is 3.54. The van der Waals surface area contributed by atoms with E-state index in [4.69, 9.17) is 15.9 Å². The lowest BCUT2D eigenvalue weighted by molar-refractivity contribution is 0.117. The van der Waals surface area contributed by atoms with Crippen LogP contribution in [0.4, 0.5) is 0 Å². The zero-order valence-corrected chi connectivity index (χ0v) is 9.83. The first-order valence-electron chi connectivity index (χ1n) is 5.75. The van der Waals surface area contributed by atoms with Crippen LogP contribution in [0.3, 0.4) is 0 Å². The van der Waals surface area contributed by atoms with E-state index in [9.17, 15) is 0 Å². The van der Waals surface area contributed by atoms with Crippen LogP contribution in [0.25, 0.3) is 0 Å². The third kappa shape index (κ3) is 4.45. The van der Waals surface area contributed by atoms with Crippen LogP contribution >= 0.6 is 0 Å². The molecule has 3 nitrogen and oxygen atoms in total. The zero-order valence-electron chi connectivity index (χ0n) is 9.83. The van der Waals surface area contributed by atoms with Crippen molar-refractivity contribution < 1.29 is 4.74 Å². The van der Waals surface area contributed by atoms with Gasteiger partial charge in [-0.2, -0.15) is 0 Å². The monoisotopic (exact) mass is 220 g/mol. The summed E-state index contributed by atoms with van der Waals surface area (Å²) in [5.74, 6) is 0.104. The minimum absolute atomic E-state index is 0.104. The minimum Gasteiger partial charge on any atom is -0.384 e. The Morgan fingerprint density at radius 1 is 1.38 bits per heavy atom. The highest BCUT2D eigenvalue weighted by atomic mass is 16.5. The fourth-order valence-corrected chi connectivity index (χ4v) is 1.47. The normalized spacial score (nSPS) is 10.3. The van der Waals surface area contributed by atoms with Crippen molar-refractivity contribution in [2.24, 2.45) is 5.73 Å². The summed E-state index contributed by atoms with van der Waals surface area (Å²) < 4.78 is 5.55. The first-order chi connectivity index (χ1) is 7.74. The Morgan fingerprint density at radius 2 is 2.19 bits per heavy atom. The number of unbranched alkanes of at least 4 members (excludes halogenated alkanes) is 2. The molecule has 3 heteroatoms. The summed E-state index contributed by atoms with van der Waals surface area (Å²) in [6, 6.07) is 7.64. The molecule has 0 aliphatic heterocycles. The Labute approximate surface area is 97.1 Å². The zero-order chi connectivity index (χ0) is 11.8. The summed E-state index contributed by atoms with van der Waals surface area (Å²) in [4.78, 5) is 0. The molecule has 0 aliphatic carbocycles. The molecule has 0 spiro atoms. The summed E-state index contributed by atoms with van der Waals surface area (Å²) in [5, 5.41) is 7.34. The standard InChI is InChI=1S/C13H20N2O/c1-2-3-4-8-16-10-11-6-5-7-12(9-11)13(14)15/h5-7,9H,2-4,8,10H2,1H3,(H3,14,15). The molecule has 0 atom stereocenters. The van der Waals surface area contributed by atoms with Crippen molar-refractivity contribution in [3.05, 3.63) is 35.4 Å². The molecule has 0 aliphatic rings. The Hall–Kier alpha value is -1.35. The van der Waals surface area contributed by atoms with E-state index in [-0.39, 0.29) is 5.84 Å². The van der Waals surface area contributed by atoms with Crippen molar-refractivity contribution in [1.82, 2.24) is 0 Å². The molecule has 88 valence electrons. The molecule has 0 unspecified atom stereocenters. The van der Waals surface area contributed by atoms with Gasteiger partial charge in [-0.05, 0) is 18.1 Å². The number of nitrogens with one attached hydrogen (secondary N) is 1. The van der Waals surface area contributed by atoms with Crippen molar-refractivity contribution in [2.75, 3.05) is 6.61 Å². The Kier molecular flexibility index (Phi) is 5.57. The van der Waals surface area contributed by atoms with E-state index in [1.54, 1.807) is 0 Å². The van der Waals surface area contributed by atoms with E-state index in [1.807, 2.05) is 24.3 Å². The molecule has 0 heterocycles. The van der Waals surface area contributed by atoms with Crippen molar-refractivity contribution in [2.45, 2.75) is 32.8 Å². The van der Waals surface area contributed by atoms with E-state index in [1.165, 1.54) is 12.8 Å². The van der Waals surface area contributed by atoms with Crippen LogP contribution in [0.1, 0.15) is 37.3 Å². The van der Waals surface area contributed by atoms with Gasteiger partial charge in [0.05, 0.1) is 6.61 Å². The van der Waals surface area contributed by atoms with Crippen LogP contribution in [-0.4, -0.2) is 12.4 Å². The van der Waals surface area contributed by atoms with Crippen LogP contribution in [0, 0.1) is 5.41 Å². The van der Waals surface area contributed by atoms with Crippen LogP contribution in [0.5, 0.6) is 0 Å². The molecule has 0 fully saturated rings. The van der Waals surface area contributed by atoms with Crippen molar-refractivity contribution >= 4 is 5.84 Å². The second-order valence-corrected chi connectivity index (χ2v) is 3.87. The van der Waals surface area contributed by atoms with E-state index < -0.39 is 0 Å². The second-order valence-electron chi connectivity index (χ2n) is 3.87.